The van der Waals surface area contributed by atoms with Crippen LogP contribution in [0.5, 0.6) is 17.4 Å². The number of nitrogens with one attached hydrogen (secondary N) is 2. The maximum Gasteiger partial charge on any atom is 0.323 e. The van der Waals surface area contributed by atoms with Gasteiger partial charge in [0.25, 0.3) is 0 Å². The van der Waals surface area contributed by atoms with Crippen molar-refractivity contribution in [1.29, 1.82) is 0 Å². The summed E-state index contributed by atoms with van der Waals surface area (Å²) in [6, 6.07) is 17.3. The largest absolute Gasteiger partial charge is 0.494 e. The lowest BCUT2D eigenvalue weighted by Gasteiger charge is -2.10. The third-order valence-corrected chi connectivity index (χ3v) is 4.46. The minimum Gasteiger partial charge on any atom is -0.494 e. The summed E-state index contributed by atoms with van der Waals surface area (Å²) in [5.74, 6) is 3.17. The average Bonchev–Trinajstić information content (AvgIpc) is 3.23. The maximum absolute atomic E-state index is 12.2. The summed E-state index contributed by atoms with van der Waals surface area (Å²) < 4.78 is 12.9. The molecule has 0 aliphatic rings. The molecule has 2 aromatic carbocycles. The Kier molecular flexibility index (Phi) is 6.26. The number of hydrogen-bond donors (Lipinski definition) is 2. The average molecular weight is 430 g/mol. The van der Waals surface area contributed by atoms with Crippen molar-refractivity contribution in [2.24, 2.45) is 0 Å². The zero-order valence-corrected chi connectivity index (χ0v) is 17.6. The first-order valence-corrected chi connectivity index (χ1v) is 10.0. The highest BCUT2D eigenvalue weighted by Crippen LogP contribution is 2.22. The summed E-state index contributed by atoms with van der Waals surface area (Å²) in [4.78, 5) is 16.4. The molecular weight excluding hydrogens is 408 g/mol. The molecule has 0 aliphatic heterocycles. The summed E-state index contributed by atoms with van der Waals surface area (Å²) in [5, 5.41) is 13.8. The fourth-order valence-corrected chi connectivity index (χ4v) is 2.94. The lowest BCUT2D eigenvalue weighted by molar-refractivity contribution is 0.262. The zero-order valence-electron chi connectivity index (χ0n) is 17.6. The molecule has 9 nitrogen and oxygen atoms in total. The van der Waals surface area contributed by atoms with Crippen molar-refractivity contribution < 1.29 is 14.3 Å². The minimum atomic E-state index is -0.348. The molecule has 9 heteroatoms. The van der Waals surface area contributed by atoms with Crippen molar-refractivity contribution in [3.63, 3.8) is 0 Å². The third-order valence-electron chi connectivity index (χ3n) is 4.46. The molecular formula is C23H22N6O3. The minimum absolute atomic E-state index is 0.348. The first-order valence-electron chi connectivity index (χ1n) is 10.0. The number of carbonyl (C=O) groups excluding carboxylic acids is 1. The maximum atomic E-state index is 12.2. The van der Waals surface area contributed by atoms with Crippen LogP contribution in [0.25, 0.3) is 5.82 Å². The molecule has 0 fully saturated rings. The van der Waals surface area contributed by atoms with E-state index in [2.05, 4.69) is 25.8 Å². The number of amides is 2. The van der Waals surface area contributed by atoms with Crippen LogP contribution in [-0.2, 0) is 0 Å². The lowest BCUT2D eigenvalue weighted by atomic mass is 10.3. The van der Waals surface area contributed by atoms with E-state index in [1.54, 1.807) is 66.9 Å². The van der Waals surface area contributed by atoms with Gasteiger partial charge in [-0.05, 0) is 68.4 Å². The number of anilines is 2. The van der Waals surface area contributed by atoms with Crippen LogP contribution in [0.2, 0.25) is 0 Å². The molecule has 2 heterocycles. The van der Waals surface area contributed by atoms with E-state index in [9.17, 15) is 4.79 Å². The van der Waals surface area contributed by atoms with Gasteiger partial charge in [0, 0.05) is 29.8 Å². The Morgan fingerprint density at radius 2 is 1.56 bits per heavy atom. The Morgan fingerprint density at radius 3 is 2.09 bits per heavy atom. The molecule has 2 aromatic heterocycles. The van der Waals surface area contributed by atoms with Gasteiger partial charge in [0.1, 0.15) is 17.3 Å². The Hall–Kier alpha value is -4.40. The van der Waals surface area contributed by atoms with E-state index in [4.69, 9.17) is 9.47 Å². The third kappa shape index (κ3) is 5.20. The predicted octanol–water partition coefficient (Wildman–Crippen LogP) is 4.81. The highest BCUT2D eigenvalue weighted by Gasteiger charge is 2.06. The number of benzene rings is 2. The monoisotopic (exact) mass is 430 g/mol. The van der Waals surface area contributed by atoms with Crippen LogP contribution in [0.1, 0.15) is 12.7 Å². The van der Waals surface area contributed by atoms with E-state index in [-0.39, 0.29) is 6.03 Å². The van der Waals surface area contributed by atoms with Crippen LogP contribution >= 0.6 is 0 Å². The van der Waals surface area contributed by atoms with Gasteiger partial charge in [0.05, 0.1) is 6.61 Å². The number of hydrogen-bond acceptors (Lipinski definition) is 6. The van der Waals surface area contributed by atoms with E-state index in [1.807, 2.05) is 24.6 Å². The molecule has 0 saturated carbocycles. The molecule has 0 saturated heterocycles. The van der Waals surface area contributed by atoms with E-state index < -0.39 is 0 Å². The van der Waals surface area contributed by atoms with Crippen molar-refractivity contribution in [1.82, 2.24) is 19.7 Å². The quantitative estimate of drug-likeness (QED) is 0.436. The molecule has 4 rings (SSSR count). The first kappa shape index (κ1) is 20.9. The van der Waals surface area contributed by atoms with E-state index in [0.29, 0.717) is 35.4 Å². The second kappa shape index (κ2) is 9.61. The van der Waals surface area contributed by atoms with Crippen LogP contribution in [0.15, 0.2) is 73.1 Å². The van der Waals surface area contributed by atoms with Crippen LogP contribution in [0.3, 0.4) is 0 Å². The van der Waals surface area contributed by atoms with Gasteiger partial charge in [-0.1, -0.05) is 0 Å². The van der Waals surface area contributed by atoms with Crippen LogP contribution in [0, 0.1) is 6.92 Å². The fourth-order valence-electron chi connectivity index (χ4n) is 2.94. The molecule has 32 heavy (non-hydrogen) atoms. The molecule has 0 radical (unpaired) electrons. The lowest BCUT2D eigenvalue weighted by Crippen LogP contribution is -2.19. The molecule has 0 aliphatic carbocycles. The van der Waals surface area contributed by atoms with Crippen molar-refractivity contribution in [3.8, 4) is 23.2 Å². The smallest absolute Gasteiger partial charge is 0.323 e. The molecule has 0 unspecified atom stereocenters. The summed E-state index contributed by atoms with van der Waals surface area (Å²) in [7, 11) is 0. The molecule has 4 aromatic rings. The van der Waals surface area contributed by atoms with Crippen molar-refractivity contribution >= 4 is 17.4 Å². The van der Waals surface area contributed by atoms with E-state index >= 15 is 0 Å². The van der Waals surface area contributed by atoms with Crippen LogP contribution in [-0.4, -0.2) is 32.4 Å². The predicted molar refractivity (Wildman–Crippen MR) is 121 cm³/mol. The number of aryl methyl sites for hydroxylation is 1. The van der Waals surface area contributed by atoms with Gasteiger partial charge in [-0.3, -0.25) is 4.57 Å². The summed E-state index contributed by atoms with van der Waals surface area (Å²) in [5.41, 5.74) is 1.29. The summed E-state index contributed by atoms with van der Waals surface area (Å²) in [6.07, 6.45) is 3.52. The highest BCUT2D eigenvalue weighted by atomic mass is 16.5. The van der Waals surface area contributed by atoms with Gasteiger partial charge in [0.2, 0.25) is 5.88 Å². The van der Waals surface area contributed by atoms with Crippen LogP contribution in [0.4, 0.5) is 16.2 Å². The van der Waals surface area contributed by atoms with E-state index in [1.165, 1.54) is 0 Å². The van der Waals surface area contributed by atoms with Gasteiger partial charge < -0.3 is 20.1 Å². The molecule has 0 spiro atoms. The number of ether oxygens (including phenoxy) is 2. The SMILES string of the molecule is CCOc1ccc(NC(=O)Nc2ccc(Oc3ccc(-n4ccnc4C)nn3)cc2)cc1. The Labute approximate surface area is 185 Å². The second-order valence-corrected chi connectivity index (χ2v) is 6.74. The topological polar surface area (TPSA) is 103 Å². The first-order chi connectivity index (χ1) is 15.6. The Morgan fingerprint density at radius 1 is 0.906 bits per heavy atom. The van der Waals surface area contributed by atoms with Crippen molar-refractivity contribution in [2.45, 2.75) is 13.8 Å². The number of imidazole rings is 1. The van der Waals surface area contributed by atoms with Gasteiger partial charge in [-0.15, -0.1) is 10.2 Å². The highest BCUT2D eigenvalue weighted by molar-refractivity contribution is 5.99. The summed E-state index contributed by atoms with van der Waals surface area (Å²) >= 11 is 0. The number of rotatable bonds is 7. The normalized spacial score (nSPS) is 10.4. The number of aromatic nitrogens is 4. The standard InChI is InChI=1S/C23H22N6O3/c1-3-31-19-8-4-17(5-9-19)25-23(30)26-18-6-10-20(11-7-18)32-22-13-12-21(27-28-22)29-15-14-24-16(29)2/h4-15H,3H2,1-2H3,(H2,25,26,30). The Balaban J connectivity index is 1.31. The molecule has 2 amide bonds. The number of urea groups is 1. The van der Waals surface area contributed by atoms with Gasteiger partial charge in [-0.2, -0.15) is 0 Å². The van der Waals surface area contributed by atoms with Crippen molar-refractivity contribution in [3.05, 3.63) is 78.9 Å². The fraction of sp³-hybridized carbons (Fsp3) is 0.130. The second-order valence-electron chi connectivity index (χ2n) is 6.74. The number of carbonyl (C=O) groups is 1. The van der Waals surface area contributed by atoms with Gasteiger partial charge in [0.15, 0.2) is 5.82 Å². The Bertz CT molecular complexity index is 1170. The van der Waals surface area contributed by atoms with Gasteiger partial charge in [-0.25, -0.2) is 9.78 Å². The molecule has 2 N–H and O–H groups in total. The van der Waals surface area contributed by atoms with E-state index in [0.717, 1.165) is 11.6 Å². The number of nitrogens with zero attached hydrogens (tertiary/aromatic N) is 4. The van der Waals surface area contributed by atoms with Crippen molar-refractivity contribution in [2.75, 3.05) is 17.2 Å². The summed E-state index contributed by atoms with van der Waals surface area (Å²) in [6.45, 7) is 4.40. The van der Waals surface area contributed by atoms with Crippen LogP contribution < -0.4 is 20.1 Å². The molecule has 0 bridgehead atoms. The molecule has 0 atom stereocenters. The zero-order chi connectivity index (χ0) is 22.3. The van der Waals surface area contributed by atoms with Gasteiger partial charge >= 0.3 is 6.03 Å². The molecule has 162 valence electrons.